The van der Waals surface area contributed by atoms with Crippen LogP contribution in [0, 0.1) is 12.3 Å². The Labute approximate surface area is 78.8 Å². The van der Waals surface area contributed by atoms with Gasteiger partial charge in [0.25, 0.3) is 0 Å². The Bertz CT molecular complexity index is 375. The van der Waals surface area contributed by atoms with Crippen molar-refractivity contribution in [3.05, 3.63) is 34.9 Å². The second-order valence-electron chi connectivity index (χ2n) is 4.55. The number of carbonyl (C=O) groups excluding carboxylic acids is 1. The molecule has 1 aromatic carbocycles. The van der Waals surface area contributed by atoms with Crippen LogP contribution in [0.2, 0.25) is 0 Å². The van der Waals surface area contributed by atoms with Crippen molar-refractivity contribution in [2.75, 3.05) is 0 Å². The van der Waals surface area contributed by atoms with Gasteiger partial charge in [0.2, 0.25) is 0 Å². The number of hydrogen-bond acceptors (Lipinski definition) is 1. The van der Waals surface area contributed by atoms with Gasteiger partial charge in [0.05, 0.1) is 0 Å². The highest BCUT2D eigenvalue weighted by Gasteiger charge is 2.36. The number of fused-ring (bicyclic) bond motifs is 1. The standard InChI is InChI=1S/C12H14O/c1-8-4-5-9-7-12(2,3)11(13)10(9)6-8/h4-6H,7H2,1-3H3. The number of carbonyl (C=O) groups is 1. The zero-order valence-corrected chi connectivity index (χ0v) is 8.35. The van der Waals surface area contributed by atoms with Crippen LogP contribution < -0.4 is 0 Å². The SMILES string of the molecule is Cc1ccc2c(c1)C(=O)C(C)(C)C2. The molecule has 1 aliphatic carbocycles. The summed E-state index contributed by atoms with van der Waals surface area (Å²) in [6, 6.07) is 6.16. The fourth-order valence-corrected chi connectivity index (χ4v) is 1.98. The number of benzene rings is 1. The van der Waals surface area contributed by atoms with Gasteiger partial charge in [-0.25, -0.2) is 0 Å². The Morgan fingerprint density at radius 3 is 2.69 bits per heavy atom. The summed E-state index contributed by atoms with van der Waals surface area (Å²) in [7, 11) is 0. The van der Waals surface area contributed by atoms with Crippen LogP contribution in [-0.4, -0.2) is 5.78 Å². The molecule has 0 heterocycles. The van der Waals surface area contributed by atoms with Crippen molar-refractivity contribution in [2.45, 2.75) is 27.2 Å². The van der Waals surface area contributed by atoms with E-state index >= 15 is 0 Å². The van der Waals surface area contributed by atoms with E-state index in [2.05, 4.69) is 12.1 Å². The third kappa shape index (κ3) is 1.19. The zero-order valence-electron chi connectivity index (χ0n) is 8.35. The maximum Gasteiger partial charge on any atom is 0.169 e. The lowest BCUT2D eigenvalue weighted by Gasteiger charge is -2.12. The highest BCUT2D eigenvalue weighted by Crippen LogP contribution is 2.36. The van der Waals surface area contributed by atoms with E-state index in [1.807, 2.05) is 26.8 Å². The van der Waals surface area contributed by atoms with Gasteiger partial charge in [0.1, 0.15) is 0 Å². The van der Waals surface area contributed by atoms with E-state index in [-0.39, 0.29) is 5.41 Å². The van der Waals surface area contributed by atoms with Crippen LogP contribution in [0.4, 0.5) is 0 Å². The highest BCUT2D eigenvalue weighted by molar-refractivity contribution is 6.04. The van der Waals surface area contributed by atoms with Crippen LogP contribution in [-0.2, 0) is 6.42 Å². The molecule has 0 saturated heterocycles. The minimum absolute atomic E-state index is 0.184. The lowest BCUT2D eigenvalue weighted by atomic mass is 9.89. The summed E-state index contributed by atoms with van der Waals surface area (Å²) in [5.41, 5.74) is 3.13. The fourth-order valence-electron chi connectivity index (χ4n) is 1.98. The summed E-state index contributed by atoms with van der Waals surface area (Å²) in [6.45, 7) is 6.06. The van der Waals surface area contributed by atoms with Crippen LogP contribution in [0.5, 0.6) is 0 Å². The molecular weight excluding hydrogens is 160 g/mol. The maximum absolute atomic E-state index is 11.9. The highest BCUT2D eigenvalue weighted by atomic mass is 16.1. The third-order valence-corrected chi connectivity index (χ3v) is 2.76. The number of ketones is 1. The summed E-state index contributed by atoms with van der Waals surface area (Å²) >= 11 is 0. The number of rotatable bonds is 0. The Balaban J connectivity index is 2.57. The first-order valence-corrected chi connectivity index (χ1v) is 4.65. The van der Waals surface area contributed by atoms with E-state index in [0.29, 0.717) is 5.78 Å². The molecule has 1 aliphatic rings. The molecule has 0 unspecified atom stereocenters. The largest absolute Gasteiger partial charge is 0.294 e. The fraction of sp³-hybridized carbons (Fsp3) is 0.417. The smallest absolute Gasteiger partial charge is 0.169 e. The maximum atomic E-state index is 11.9. The van der Waals surface area contributed by atoms with Crippen LogP contribution in [0.3, 0.4) is 0 Å². The van der Waals surface area contributed by atoms with Crippen LogP contribution in [0.1, 0.15) is 35.3 Å². The van der Waals surface area contributed by atoms with Crippen molar-refractivity contribution in [2.24, 2.45) is 5.41 Å². The van der Waals surface area contributed by atoms with Gasteiger partial charge in [-0.3, -0.25) is 4.79 Å². The van der Waals surface area contributed by atoms with Crippen molar-refractivity contribution >= 4 is 5.78 Å². The molecule has 0 amide bonds. The van der Waals surface area contributed by atoms with Crippen LogP contribution in [0.25, 0.3) is 0 Å². The second-order valence-corrected chi connectivity index (χ2v) is 4.55. The third-order valence-electron chi connectivity index (χ3n) is 2.76. The van der Waals surface area contributed by atoms with Crippen LogP contribution >= 0.6 is 0 Å². The van der Waals surface area contributed by atoms with Gasteiger partial charge < -0.3 is 0 Å². The van der Waals surface area contributed by atoms with E-state index in [1.165, 1.54) is 11.1 Å². The van der Waals surface area contributed by atoms with Crippen molar-refractivity contribution in [1.82, 2.24) is 0 Å². The molecule has 0 spiro atoms. The van der Waals surface area contributed by atoms with Crippen LogP contribution in [0.15, 0.2) is 18.2 Å². The minimum atomic E-state index is -0.184. The average Bonchev–Trinajstić information content (AvgIpc) is 2.26. The summed E-state index contributed by atoms with van der Waals surface area (Å²) in [4.78, 5) is 11.9. The predicted molar refractivity (Wildman–Crippen MR) is 53.0 cm³/mol. The molecule has 13 heavy (non-hydrogen) atoms. The molecule has 0 fully saturated rings. The topological polar surface area (TPSA) is 17.1 Å². The Morgan fingerprint density at radius 1 is 1.31 bits per heavy atom. The average molecular weight is 174 g/mol. The predicted octanol–water partition coefficient (Wildman–Crippen LogP) is 2.76. The quantitative estimate of drug-likeness (QED) is 0.591. The van der Waals surface area contributed by atoms with Crippen molar-refractivity contribution in [1.29, 1.82) is 0 Å². The molecule has 1 aromatic rings. The number of aryl methyl sites for hydroxylation is 1. The first-order chi connectivity index (χ1) is 6.00. The van der Waals surface area contributed by atoms with E-state index in [9.17, 15) is 4.79 Å². The lowest BCUT2D eigenvalue weighted by Crippen LogP contribution is -2.18. The van der Waals surface area contributed by atoms with Gasteiger partial charge in [-0.1, -0.05) is 31.5 Å². The summed E-state index contributed by atoms with van der Waals surface area (Å²) in [5.74, 6) is 0.297. The molecular formula is C12H14O. The summed E-state index contributed by atoms with van der Waals surface area (Å²) in [5, 5.41) is 0. The first kappa shape index (κ1) is 8.49. The molecule has 68 valence electrons. The summed E-state index contributed by atoms with van der Waals surface area (Å²) in [6.07, 6.45) is 0.890. The molecule has 0 aliphatic heterocycles. The molecule has 0 aromatic heterocycles. The number of Topliss-reactive ketones (excluding diaryl/α,β-unsaturated/α-hetero) is 1. The number of hydrogen-bond donors (Lipinski definition) is 0. The van der Waals surface area contributed by atoms with Crippen molar-refractivity contribution in [3.63, 3.8) is 0 Å². The van der Waals surface area contributed by atoms with E-state index in [0.717, 1.165) is 12.0 Å². The molecule has 0 saturated carbocycles. The lowest BCUT2D eigenvalue weighted by molar-refractivity contribution is 0.0863. The monoisotopic (exact) mass is 174 g/mol. The van der Waals surface area contributed by atoms with Crippen molar-refractivity contribution < 1.29 is 4.79 Å². The van der Waals surface area contributed by atoms with Gasteiger partial charge in [-0.2, -0.15) is 0 Å². The van der Waals surface area contributed by atoms with Gasteiger partial charge >= 0.3 is 0 Å². The van der Waals surface area contributed by atoms with Gasteiger partial charge in [-0.05, 0) is 25.0 Å². The molecule has 0 atom stereocenters. The zero-order chi connectivity index (χ0) is 9.64. The van der Waals surface area contributed by atoms with Gasteiger partial charge in [0, 0.05) is 11.0 Å². The minimum Gasteiger partial charge on any atom is -0.294 e. The van der Waals surface area contributed by atoms with Gasteiger partial charge in [0.15, 0.2) is 5.78 Å². The molecule has 0 radical (unpaired) electrons. The van der Waals surface area contributed by atoms with Gasteiger partial charge in [-0.15, -0.1) is 0 Å². The molecule has 1 nitrogen and oxygen atoms in total. The molecule has 2 rings (SSSR count). The molecule has 0 bridgehead atoms. The Kier molecular flexibility index (Phi) is 1.59. The van der Waals surface area contributed by atoms with E-state index < -0.39 is 0 Å². The Hall–Kier alpha value is -1.11. The molecule has 1 heteroatoms. The Morgan fingerprint density at radius 2 is 2.00 bits per heavy atom. The summed E-state index contributed by atoms with van der Waals surface area (Å²) < 4.78 is 0. The normalized spacial score (nSPS) is 18.8. The second kappa shape index (κ2) is 2.44. The molecule has 0 N–H and O–H groups in total. The van der Waals surface area contributed by atoms with Crippen molar-refractivity contribution in [3.8, 4) is 0 Å². The van der Waals surface area contributed by atoms with E-state index in [1.54, 1.807) is 0 Å². The van der Waals surface area contributed by atoms with E-state index in [4.69, 9.17) is 0 Å². The first-order valence-electron chi connectivity index (χ1n) is 4.65.